The highest BCUT2D eigenvalue weighted by Crippen LogP contribution is 2.39. The van der Waals surface area contributed by atoms with Crippen LogP contribution in [0.2, 0.25) is 0 Å². The number of benzene rings is 1. The first kappa shape index (κ1) is 15.0. The predicted octanol–water partition coefficient (Wildman–Crippen LogP) is 5.34. The molecule has 0 saturated heterocycles. The van der Waals surface area contributed by atoms with Crippen LogP contribution >= 0.6 is 11.6 Å². The SMILES string of the molecule is CC1COc2ccc(C(Cl)CC3CCCCC3)cc2OC1. The molecule has 116 valence electrons. The van der Waals surface area contributed by atoms with E-state index in [1.165, 1.54) is 37.7 Å². The van der Waals surface area contributed by atoms with Crippen molar-refractivity contribution in [3.05, 3.63) is 23.8 Å². The van der Waals surface area contributed by atoms with E-state index in [9.17, 15) is 0 Å². The molecule has 1 aliphatic carbocycles. The summed E-state index contributed by atoms with van der Waals surface area (Å²) >= 11 is 6.66. The smallest absolute Gasteiger partial charge is 0.161 e. The van der Waals surface area contributed by atoms with Crippen molar-refractivity contribution in [1.29, 1.82) is 0 Å². The first-order valence-corrected chi connectivity index (χ1v) is 8.69. The molecule has 1 fully saturated rings. The first-order chi connectivity index (χ1) is 10.2. The Labute approximate surface area is 132 Å². The van der Waals surface area contributed by atoms with Crippen LogP contribution in [0.3, 0.4) is 0 Å². The van der Waals surface area contributed by atoms with E-state index in [4.69, 9.17) is 21.1 Å². The molecule has 1 aromatic carbocycles. The van der Waals surface area contributed by atoms with Gasteiger partial charge in [0, 0.05) is 5.92 Å². The van der Waals surface area contributed by atoms with E-state index in [1.807, 2.05) is 6.07 Å². The molecular weight excluding hydrogens is 284 g/mol. The predicted molar refractivity (Wildman–Crippen MR) is 86.4 cm³/mol. The fraction of sp³-hybridized carbons (Fsp3) is 0.667. The van der Waals surface area contributed by atoms with Gasteiger partial charge in [-0.3, -0.25) is 0 Å². The standard InChI is InChI=1S/C18H25ClO2/c1-13-11-20-17-8-7-15(10-18(17)21-12-13)16(19)9-14-5-3-2-4-6-14/h7-8,10,13-14,16H,2-6,9,11-12H2,1H3. The number of fused-ring (bicyclic) bond motifs is 1. The van der Waals surface area contributed by atoms with Crippen molar-refractivity contribution in [2.75, 3.05) is 13.2 Å². The zero-order chi connectivity index (χ0) is 14.7. The molecule has 0 bridgehead atoms. The quantitative estimate of drug-likeness (QED) is 0.701. The van der Waals surface area contributed by atoms with Gasteiger partial charge in [0.25, 0.3) is 0 Å². The van der Waals surface area contributed by atoms with Crippen LogP contribution in [0.4, 0.5) is 0 Å². The molecule has 2 aliphatic rings. The third kappa shape index (κ3) is 3.85. The van der Waals surface area contributed by atoms with Crippen molar-refractivity contribution in [3.8, 4) is 11.5 Å². The average molecular weight is 309 g/mol. The highest BCUT2D eigenvalue weighted by molar-refractivity contribution is 6.20. The Morgan fingerprint density at radius 3 is 2.57 bits per heavy atom. The van der Waals surface area contributed by atoms with Crippen LogP contribution in [-0.2, 0) is 0 Å². The maximum Gasteiger partial charge on any atom is 0.161 e. The Kier molecular flexibility index (Phi) is 4.95. The van der Waals surface area contributed by atoms with Crippen LogP contribution in [-0.4, -0.2) is 13.2 Å². The van der Waals surface area contributed by atoms with Crippen molar-refractivity contribution in [1.82, 2.24) is 0 Å². The third-order valence-electron chi connectivity index (χ3n) is 4.64. The number of ether oxygens (including phenoxy) is 2. The molecule has 3 heteroatoms. The molecule has 3 rings (SSSR count). The van der Waals surface area contributed by atoms with Crippen molar-refractivity contribution in [3.63, 3.8) is 0 Å². The van der Waals surface area contributed by atoms with Gasteiger partial charge in [-0.2, -0.15) is 0 Å². The molecule has 2 atom stereocenters. The highest BCUT2D eigenvalue weighted by atomic mass is 35.5. The third-order valence-corrected chi connectivity index (χ3v) is 5.07. The Balaban J connectivity index is 1.67. The van der Waals surface area contributed by atoms with Crippen LogP contribution in [0.1, 0.15) is 56.4 Å². The van der Waals surface area contributed by atoms with Gasteiger partial charge in [-0.15, -0.1) is 11.6 Å². The van der Waals surface area contributed by atoms with Crippen LogP contribution in [0.15, 0.2) is 18.2 Å². The Hall–Kier alpha value is -0.890. The summed E-state index contributed by atoms with van der Waals surface area (Å²) in [6.45, 7) is 3.57. The minimum atomic E-state index is 0.0858. The zero-order valence-electron chi connectivity index (χ0n) is 12.8. The van der Waals surface area contributed by atoms with Gasteiger partial charge in [0.2, 0.25) is 0 Å². The van der Waals surface area contributed by atoms with E-state index in [2.05, 4.69) is 19.1 Å². The highest BCUT2D eigenvalue weighted by Gasteiger charge is 2.21. The normalized spacial score (nSPS) is 24.4. The first-order valence-electron chi connectivity index (χ1n) is 8.26. The Morgan fingerprint density at radius 2 is 1.81 bits per heavy atom. The summed E-state index contributed by atoms with van der Waals surface area (Å²) in [5.41, 5.74) is 1.17. The lowest BCUT2D eigenvalue weighted by Gasteiger charge is -2.24. The van der Waals surface area contributed by atoms with E-state index in [1.54, 1.807) is 0 Å². The average Bonchev–Trinajstić information content (AvgIpc) is 2.70. The summed E-state index contributed by atoms with van der Waals surface area (Å²) in [6.07, 6.45) is 7.89. The summed E-state index contributed by atoms with van der Waals surface area (Å²) in [5.74, 6) is 2.92. The van der Waals surface area contributed by atoms with Gasteiger partial charge in [-0.25, -0.2) is 0 Å². The van der Waals surface area contributed by atoms with Gasteiger partial charge in [0.15, 0.2) is 11.5 Å². The van der Waals surface area contributed by atoms with Crippen LogP contribution < -0.4 is 9.47 Å². The molecule has 2 unspecified atom stereocenters. The maximum atomic E-state index is 6.66. The second kappa shape index (κ2) is 6.91. The lowest BCUT2D eigenvalue weighted by Crippen LogP contribution is -2.12. The minimum Gasteiger partial charge on any atom is -0.489 e. The van der Waals surface area contributed by atoms with Crippen molar-refractivity contribution in [2.24, 2.45) is 11.8 Å². The summed E-state index contributed by atoms with van der Waals surface area (Å²) in [7, 11) is 0. The molecule has 1 heterocycles. The van der Waals surface area contributed by atoms with E-state index in [0.29, 0.717) is 12.5 Å². The molecule has 0 radical (unpaired) electrons. The van der Waals surface area contributed by atoms with Crippen molar-refractivity contribution >= 4 is 11.6 Å². The van der Waals surface area contributed by atoms with E-state index in [-0.39, 0.29) is 5.38 Å². The molecule has 0 spiro atoms. The molecule has 21 heavy (non-hydrogen) atoms. The van der Waals surface area contributed by atoms with Crippen molar-refractivity contribution in [2.45, 2.75) is 50.8 Å². The van der Waals surface area contributed by atoms with Crippen LogP contribution in [0, 0.1) is 11.8 Å². The van der Waals surface area contributed by atoms with Gasteiger partial charge in [0.05, 0.1) is 18.6 Å². The number of halogens is 1. The largest absolute Gasteiger partial charge is 0.489 e. The number of hydrogen-bond donors (Lipinski definition) is 0. The second-order valence-electron chi connectivity index (χ2n) is 6.64. The molecule has 0 aromatic heterocycles. The van der Waals surface area contributed by atoms with Crippen LogP contribution in [0.5, 0.6) is 11.5 Å². The zero-order valence-corrected chi connectivity index (χ0v) is 13.6. The molecular formula is C18H25ClO2. The molecule has 1 saturated carbocycles. The van der Waals surface area contributed by atoms with E-state index < -0.39 is 0 Å². The van der Waals surface area contributed by atoms with Gasteiger partial charge < -0.3 is 9.47 Å². The van der Waals surface area contributed by atoms with E-state index in [0.717, 1.165) is 30.4 Å². The second-order valence-corrected chi connectivity index (χ2v) is 7.17. The maximum absolute atomic E-state index is 6.66. The summed E-state index contributed by atoms with van der Waals surface area (Å²) in [5, 5.41) is 0.0858. The van der Waals surface area contributed by atoms with Crippen molar-refractivity contribution < 1.29 is 9.47 Å². The number of alkyl halides is 1. The fourth-order valence-corrected chi connectivity index (χ4v) is 3.70. The molecule has 1 aliphatic heterocycles. The fourth-order valence-electron chi connectivity index (χ4n) is 3.32. The monoisotopic (exact) mass is 308 g/mol. The molecule has 0 N–H and O–H groups in total. The van der Waals surface area contributed by atoms with E-state index >= 15 is 0 Å². The van der Waals surface area contributed by atoms with Gasteiger partial charge in [0.1, 0.15) is 0 Å². The lowest BCUT2D eigenvalue weighted by atomic mass is 9.85. The number of hydrogen-bond acceptors (Lipinski definition) is 2. The van der Waals surface area contributed by atoms with Gasteiger partial charge in [-0.05, 0) is 30.0 Å². The number of rotatable bonds is 3. The molecule has 1 aromatic rings. The molecule has 0 amide bonds. The lowest BCUT2D eigenvalue weighted by molar-refractivity contribution is 0.228. The summed E-state index contributed by atoms with van der Waals surface area (Å²) in [4.78, 5) is 0. The topological polar surface area (TPSA) is 18.5 Å². The van der Waals surface area contributed by atoms with Gasteiger partial charge >= 0.3 is 0 Å². The Bertz CT molecular complexity index is 468. The van der Waals surface area contributed by atoms with Crippen LogP contribution in [0.25, 0.3) is 0 Å². The minimum absolute atomic E-state index is 0.0858. The van der Waals surface area contributed by atoms with Gasteiger partial charge in [-0.1, -0.05) is 45.1 Å². The summed E-state index contributed by atoms with van der Waals surface area (Å²) in [6, 6.07) is 6.19. The Morgan fingerprint density at radius 1 is 1.10 bits per heavy atom. The molecule has 2 nitrogen and oxygen atoms in total. The summed E-state index contributed by atoms with van der Waals surface area (Å²) < 4.78 is 11.6.